The third-order valence-electron chi connectivity index (χ3n) is 12.0. The van der Waals surface area contributed by atoms with Crippen molar-refractivity contribution in [3.63, 3.8) is 0 Å². The molecular weight excluding hydrogens is 767 g/mol. The highest BCUT2D eigenvalue weighted by Crippen LogP contribution is 2.18. The Morgan fingerprint density at radius 1 is 0.484 bits per heavy atom. The summed E-state index contributed by atoms with van der Waals surface area (Å²) in [5.74, 6) is -0.540. The van der Waals surface area contributed by atoms with Gasteiger partial charge in [0.2, 0.25) is 5.91 Å². The Morgan fingerprint density at radius 3 is 1.29 bits per heavy atom. The third kappa shape index (κ3) is 44.2. The van der Waals surface area contributed by atoms with Gasteiger partial charge >= 0.3 is 5.97 Å². The second-order valence-electron chi connectivity index (χ2n) is 18.0. The molecule has 0 aliphatic heterocycles. The number of rotatable bonds is 47. The van der Waals surface area contributed by atoms with Gasteiger partial charge in [0.05, 0.1) is 25.2 Å². The summed E-state index contributed by atoms with van der Waals surface area (Å²) in [7, 11) is 0. The quantitative estimate of drug-likeness (QED) is 0.0322. The van der Waals surface area contributed by atoms with Crippen LogP contribution in [0.25, 0.3) is 0 Å². The lowest BCUT2D eigenvalue weighted by Crippen LogP contribution is -2.46. The minimum absolute atomic E-state index is 0.0299. The van der Waals surface area contributed by atoms with Gasteiger partial charge < -0.3 is 20.3 Å². The number of aliphatic hydroxyl groups is 2. The van der Waals surface area contributed by atoms with Crippen molar-refractivity contribution in [2.75, 3.05) is 6.61 Å². The molecule has 0 spiro atoms. The van der Waals surface area contributed by atoms with Crippen LogP contribution in [-0.4, -0.2) is 46.9 Å². The Labute approximate surface area is 384 Å². The van der Waals surface area contributed by atoms with E-state index in [0.29, 0.717) is 19.3 Å². The van der Waals surface area contributed by atoms with Gasteiger partial charge in [0.1, 0.15) is 6.10 Å². The summed E-state index contributed by atoms with van der Waals surface area (Å²) in [6.45, 7) is 6.33. The number of unbranched alkanes of at least 4 members (excludes halogenated alkanes) is 29. The fourth-order valence-corrected chi connectivity index (χ4v) is 7.99. The van der Waals surface area contributed by atoms with E-state index in [4.69, 9.17) is 4.74 Å². The van der Waals surface area contributed by atoms with E-state index in [1.165, 1.54) is 154 Å². The summed E-state index contributed by atoms with van der Waals surface area (Å²) in [5.41, 5.74) is 0. The maximum Gasteiger partial charge on any atom is 0.306 e. The van der Waals surface area contributed by atoms with E-state index in [1.807, 2.05) is 48.6 Å². The minimum Gasteiger partial charge on any atom is -0.462 e. The SMILES string of the molecule is CC/C=C/C=C/C=C\C=C/C=C/CCCC(CC(=O)NC(CO)C(O)CCCCCCCCCCCCCCCCCC)OC(=O)CCCCCCCCCCCCCCCC. The Hall–Kier alpha value is -2.44. The Bertz CT molecular complexity index is 1110. The second kappa shape index (κ2) is 49.6. The first-order chi connectivity index (χ1) is 30.5. The first-order valence-electron chi connectivity index (χ1n) is 26.6. The number of allylic oxidation sites excluding steroid dienone is 10. The zero-order chi connectivity index (χ0) is 45.2. The van der Waals surface area contributed by atoms with Crippen LogP contribution in [0.4, 0.5) is 0 Å². The standard InChI is InChI=1S/C56H101NO5/c1-4-7-10-13-16-19-22-25-27-28-30-33-36-39-42-45-48-54(59)53(51-58)57-55(60)50-52(47-44-41-38-35-32-29-24-21-18-15-12-9-6-3)62-56(61)49-46-43-40-37-34-31-26-23-20-17-14-11-8-5-2/h9,12,15,18,21,24,29,32,35,38,52-54,58-59H,4-8,10-11,13-14,16-17,19-20,22-23,25-28,30-31,33-34,36-37,39-51H2,1-3H3,(H,57,60)/b12-9+,18-15+,24-21-,32-29-,38-35+. The molecule has 0 fully saturated rings. The lowest BCUT2D eigenvalue weighted by atomic mass is 10.0. The van der Waals surface area contributed by atoms with Crippen LogP contribution in [-0.2, 0) is 14.3 Å². The van der Waals surface area contributed by atoms with Gasteiger partial charge in [-0.2, -0.15) is 0 Å². The number of carbonyl (C=O) groups is 2. The van der Waals surface area contributed by atoms with Gasteiger partial charge in [0.25, 0.3) is 0 Å². The number of carbonyl (C=O) groups excluding carboxylic acids is 2. The fourth-order valence-electron chi connectivity index (χ4n) is 7.99. The Balaban J connectivity index is 4.61. The van der Waals surface area contributed by atoms with Crippen LogP contribution in [0.15, 0.2) is 60.8 Å². The van der Waals surface area contributed by atoms with Crippen LogP contribution in [0, 0.1) is 0 Å². The topological polar surface area (TPSA) is 95.9 Å². The molecule has 0 heterocycles. The number of esters is 1. The average molecular weight is 868 g/mol. The molecule has 0 aromatic heterocycles. The summed E-state index contributed by atoms with van der Waals surface area (Å²) >= 11 is 0. The van der Waals surface area contributed by atoms with Crippen LogP contribution >= 0.6 is 0 Å². The van der Waals surface area contributed by atoms with E-state index >= 15 is 0 Å². The van der Waals surface area contributed by atoms with Gasteiger partial charge in [-0.05, 0) is 38.5 Å². The molecule has 0 aromatic carbocycles. The van der Waals surface area contributed by atoms with E-state index in [2.05, 4.69) is 38.2 Å². The van der Waals surface area contributed by atoms with Crippen LogP contribution in [0.3, 0.4) is 0 Å². The summed E-state index contributed by atoms with van der Waals surface area (Å²) in [5, 5.41) is 23.8. The molecule has 1 amide bonds. The molecular formula is C56H101NO5. The van der Waals surface area contributed by atoms with Crippen molar-refractivity contribution in [1.82, 2.24) is 5.32 Å². The van der Waals surface area contributed by atoms with E-state index in [1.54, 1.807) is 0 Å². The number of aliphatic hydroxyl groups excluding tert-OH is 2. The van der Waals surface area contributed by atoms with Gasteiger partial charge in [-0.3, -0.25) is 9.59 Å². The summed E-state index contributed by atoms with van der Waals surface area (Å²) in [4.78, 5) is 26.1. The highest BCUT2D eigenvalue weighted by molar-refractivity contribution is 5.77. The van der Waals surface area contributed by atoms with Gasteiger partial charge in [-0.25, -0.2) is 0 Å². The molecule has 3 N–H and O–H groups in total. The van der Waals surface area contributed by atoms with Gasteiger partial charge in [-0.15, -0.1) is 0 Å². The lowest BCUT2D eigenvalue weighted by molar-refractivity contribution is -0.151. The first kappa shape index (κ1) is 59.6. The Morgan fingerprint density at radius 2 is 0.871 bits per heavy atom. The summed E-state index contributed by atoms with van der Waals surface area (Å²) < 4.78 is 5.90. The predicted molar refractivity (Wildman–Crippen MR) is 268 cm³/mol. The average Bonchev–Trinajstić information content (AvgIpc) is 3.26. The predicted octanol–water partition coefficient (Wildman–Crippen LogP) is 16.0. The number of hydrogen-bond donors (Lipinski definition) is 3. The highest BCUT2D eigenvalue weighted by atomic mass is 16.5. The number of hydrogen-bond acceptors (Lipinski definition) is 5. The zero-order valence-corrected chi connectivity index (χ0v) is 41.0. The molecule has 360 valence electrons. The molecule has 62 heavy (non-hydrogen) atoms. The van der Waals surface area contributed by atoms with Crippen molar-refractivity contribution in [1.29, 1.82) is 0 Å². The van der Waals surface area contributed by atoms with E-state index in [9.17, 15) is 19.8 Å². The van der Waals surface area contributed by atoms with Crippen molar-refractivity contribution in [3.8, 4) is 0 Å². The molecule has 0 saturated heterocycles. The van der Waals surface area contributed by atoms with Gasteiger partial charge in [0.15, 0.2) is 0 Å². The maximum atomic E-state index is 13.2. The molecule has 0 aromatic rings. The summed E-state index contributed by atoms with van der Waals surface area (Å²) in [6, 6.07) is -0.724. The molecule has 0 radical (unpaired) electrons. The maximum absolute atomic E-state index is 13.2. The molecule has 0 aliphatic rings. The van der Waals surface area contributed by atoms with E-state index in [-0.39, 0.29) is 24.9 Å². The van der Waals surface area contributed by atoms with E-state index in [0.717, 1.165) is 57.8 Å². The number of ether oxygens (including phenoxy) is 1. The first-order valence-corrected chi connectivity index (χ1v) is 26.6. The summed E-state index contributed by atoms with van der Waals surface area (Å²) in [6.07, 6.45) is 61.5. The van der Waals surface area contributed by atoms with Crippen LogP contribution < -0.4 is 5.32 Å². The Kier molecular flexibility index (Phi) is 47.6. The van der Waals surface area contributed by atoms with Crippen molar-refractivity contribution in [2.24, 2.45) is 0 Å². The molecule has 0 rings (SSSR count). The van der Waals surface area contributed by atoms with Crippen LogP contribution in [0.1, 0.15) is 258 Å². The normalized spacial score (nSPS) is 13.7. The molecule has 3 atom stereocenters. The van der Waals surface area contributed by atoms with E-state index < -0.39 is 18.2 Å². The molecule has 0 saturated carbocycles. The zero-order valence-electron chi connectivity index (χ0n) is 41.0. The highest BCUT2D eigenvalue weighted by Gasteiger charge is 2.24. The molecule has 0 aliphatic carbocycles. The smallest absolute Gasteiger partial charge is 0.306 e. The van der Waals surface area contributed by atoms with Crippen molar-refractivity contribution >= 4 is 11.9 Å². The third-order valence-corrected chi connectivity index (χ3v) is 12.0. The van der Waals surface area contributed by atoms with Crippen LogP contribution in [0.5, 0.6) is 0 Å². The van der Waals surface area contributed by atoms with Gasteiger partial charge in [0, 0.05) is 6.42 Å². The molecule has 6 nitrogen and oxygen atoms in total. The minimum atomic E-state index is -0.807. The van der Waals surface area contributed by atoms with Crippen LogP contribution in [0.2, 0.25) is 0 Å². The molecule has 0 bridgehead atoms. The number of nitrogens with one attached hydrogen (secondary N) is 1. The second-order valence-corrected chi connectivity index (χ2v) is 18.0. The monoisotopic (exact) mass is 868 g/mol. The van der Waals surface area contributed by atoms with Gasteiger partial charge in [-0.1, -0.05) is 268 Å². The molecule has 3 unspecified atom stereocenters. The van der Waals surface area contributed by atoms with Crippen molar-refractivity contribution in [3.05, 3.63) is 60.8 Å². The van der Waals surface area contributed by atoms with Crippen molar-refractivity contribution in [2.45, 2.75) is 277 Å². The lowest BCUT2D eigenvalue weighted by Gasteiger charge is -2.24. The number of amides is 1. The largest absolute Gasteiger partial charge is 0.462 e. The van der Waals surface area contributed by atoms with Crippen molar-refractivity contribution < 1.29 is 24.5 Å². The fraction of sp³-hybridized carbons (Fsp3) is 0.786. The molecule has 6 heteroatoms.